The van der Waals surface area contributed by atoms with Crippen molar-refractivity contribution < 1.29 is 31.9 Å². The number of benzene rings is 2. The van der Waals surface area contributed by atoms with Crippen molar-refractivity contribution in [2.75, 3.05) is 43.4 Å². The standard InChI is InChI=1S/C32H31F4N7O3/c1-42-14-16-43(17-15-42)21-4-2-19(3-5-21)40-30-38-13-8-24(41-30)46-32(22-18-23(33)26(35)27(36)25(22)34)9-6-20(7-10-32)39-29(45)31(11-12-31)28(37)44/h2-9,13,18H,10-12,14-17H2,1H3,(H2,37,44)(H,39,45)(H,38,40,41). The highest BCUT2D eigenvalue weighted by Crippen LogP contribution is 2.46. The van der Waals surface area contributed by atoms with Crippen molar-refractivity contribution in [1.82, 2.24) is 20.2 Å². The number of aromatic nitrogens is 2. The fourth-order valence-electron chi connectivity index (χ4n) is 5.48. The highest BCUT2D eigenvalue weighted by molar-refractivity contribution is 6.07. The molecule has 1 aromatic heterocycles. The third-order valence-electron chi connectivity index (χ3n) is 8.54. The van der Waals surface area contributed by atoms with Crippen molar-refractivity contribution in [3.05, 3.63) is 95.4 Å². The van der Waals surface area contributed by atoms with Gasteiger partial charge in [0.25, 0.3) is 0 Å². The number of carbonyl (C=O) groups is 2. The van der Waals surface area contributed by atoms with Crippen molar-refractivity contribution >= 4 is 29.1 Å². The van der Waals surface area contributed by atoms with Crippen molar-refractivity contribution in [3.63, 3.8) is 0 Å². The predicted molar refractivity (Wildman–Crippen MR) is 161 cm³/mol. The molecule has 1 saturated heterocycles. The smallest absolute Gasteiger partial charge is 0.240 e. The summed E-state index contributed by atoms with van der Waals surface area (Å²) in [5, 5.41) is 5.68. The minimum absolute atomic E-state index is 0.0905. The molecule has 2 aromatic carbocycles. The zero-order valence-electron chi connectivity index (χ0n) is 24.8. The molecule has 10 nitrogen and oxygen atoms in total. The number of carbonyl (C=O) groups excluding carboxylic acids is 2. The van der Waals surface area contributed by atoms with Gasteiger partial charge in [0, 0.05) is 67.5 Å². The van der Waals surface area contributed by atoms with Gasteiger partial charge in [0.05, 0.1) is 0 Å². The van der Waals surface area contributed by atoms with E-state index in [1.165, 1.54) is 30.5 Å². The first-order valence-electron chi connectivity index (χ1n) is 14.7. The maximum atomic E-state index is 15.2. The molecule has 1 saturated carbocycles. The summed E-state index contributed by atoms with van der Waals surface area (Å²) in [4.78, 5) is 37.6. The Hall–Kier alpha value is -4.98. The number of amides is 2. The molecule has 0 bridgehead atoms. The molecular weight excluding hydrogens is 606 g/mol. The lowest BCUT2D eigenvalue weighted by Gasteiger charge is -2.34. The van der Waals surface area contributed by atoms with E-state index in [9.17, 15) is 22.8 Å². The molecule has 1 atom stereocenters. The van der Waals surface area contributed by atoms with E-state index >= 15 is 4.39 Å². The molecular formula is C32H31F4N7O3. The van der Waals surface area contributed by atoms with Crippen LogP contribution in [0.4, 0.5) is 34.9 Å². The molecule has 2 heterocycles. The van der Waals surface area contributed by atoms with Gasteiger partial charge in [0.1, 0.15) is 5.41 Å². The van der Waals surface area contributed by atoms with Crippen molar-refractivity contribution in [2.24, 2.45) is 11.1 Å². The van der Waals surface area contributed by atoms with Crippen LogP contribution in [0.5, 0.6) is 5.88 Å². The quantitative estimate of drug-likeness (QED) is 0.139. The second-order valence-corrected chi connectivity index (χ2v) is 11.6. The average Bonchev–Trinajstić information content (AvgIpc) is 3.87. The highest BCUT2D eigenvalue weighted by atomic mass is 19.2. The number of piperazine rings is 1. The Bertz CT molecular complexity index is 1740. The van der Waals surface area contributed by atoms with E-state index in [0.29, 0.717) is 24.6 Å². The van der Waals surface area contributed by atoms with E-state index in [1.807, 2.05) is 24.3 Å². The first-order chi connectivity index (χ1) is 22.0. The molecule has 240 valence electrons. The lowest BCUT2D eigenvalue weighted by atomic mass is 9.85. The van der Waals surface area contributed by atoms with Gasteiger partial charge >= 0.3 is 0 Å². The summed E-state index contributed by atoms with van der Waals surface area (Å²) >= 11 is 0. The van der Waals surface area contributed by atoms with E-state index in [-0.39, 0.29) is 23.9 Å². The summed E-state index contributed by atoms with van der Waals surface area (Å²) in [6.45, 7) is 3.78. The summed E-state index contributed by atoms with van der Waals surface area (Å²) in [5.74, 6) is -8.55. The monoisotopic (exact) mass is 637 g/mol. The van der Waals surface area contributed by atoms with Gasteiger partial charge in [-0.3, -0.25) is 9.59 Å². The van der Waals surface area contributed by atoms with Crippen LogP contribution >= 0.6 is 0 Å². The van der Waals surface area contributed by atoms with Gasteiger partial charge in [0.15, 0.2) is 28.9 Å². The Labute approximate surface area is 261 Å². The van der Waals surface area contributed by atoms with Crippen LogP contribution in [0.25, 0.3) is 0 Å². The summed E-state index contributed by atoms with van der Waals surface area (Å²) in [6, 6.07) is 9.60. The van der Waals surface area contributed by atoms with Crippen LogP contribution in [0.15, 0.2) is 66.5 Å². The third kappa shape index (κ3) is 5.99. The average molecular weight is 638 g/mol. The number of likely N-dealkylation sites (N-methyl/N-ethyl adjacent to an activating group) is 1. The summed E-state index contributed by atoms with van der Waals surface area (Å²) in [6.07, 6.45) is 5.77. The molecule has 0 radical (unpaired) electrons. The lowest BCUT2D eigenvalue weighted by molar-refractivity contribution is -0.134. The number of hydrogen-bond donors (Lipinski definition) is 3. The Morgan fingerprint density at radius 3 is 2.33 bits per heavy atom. The van der Waals surface area contributed by atoms with Crippen LogP contribution in [-0.4, -0.2) is 59.9 Å². The topological polar surface area (TPSA) is 126 Å². The first kappa shape index (κ1) is 31.0. The van der Waals surface area contributed by atoms with Gasteiger partial charge < -0.3 is 30.9 Å². The minimum Gasteiger partial charge on any atom is -0.461 e. The summed E-state index contributed by atoms with van der Waals surface area (Å²) in [7, 11) is 2.09. The summed E-state index contributed by atoms with van der Waals surface area (Å²) in [5.41, 5.74) is 3.52. The van der Waals surface area contributed by atoms with E-state index in [1.54, 1.807) is 0 Å². The molecule has 1 aliphatic heterocycles. The zero-order chi connectivity index (χ0) is 32.6. The predicted octanol–water partition coefficient (Wildman–Crippen LogP) is 4.03. The minimum atomic E-state index is -2.00. The Morgan fingerprint density at radius 1 is 0.978 bits per heavy atom. The molecule has 0 spiro atoms. The fraction of sp³-hybridized carbons (Fsp3) is 0.312. The highest BCUT2D eigenvalue weighted by Gasteiger charge is 2.55. The molecule has 4 N–H and O–H groups in total. The van der Waals surface area contributed by atoms with Crippen LogP contribution in [0, 0.1) is 28.7 Å². The number of rotatable bonds is 9. The number of nitrogens with one attached hydrogen (secondary N) is 2. The van der Waals surface area contributed by atoms with Gasteiger partial charge in [-0.15, -0.1) is 0 Å². The molecule has 2 amide bonds. The van der Waals surface area contributed by atoms with Crippen LogP contribution < -0.4 is 26.0 Å². The number of anilines is 3. The maximum Gasteiger partial charge on any atom is 0.240 e. The maximum absolute atomic E-state index is 15.2. The van der Waals surface area contributed by atoms with Crippen molar-refractivity contribution in [1.29, 1.82) is 0 Å². The second kappa shape index (κ2) is 12.1. The normalized spacial score (nSPS) is 20.5. The van der Waals surface area contributed by atoms with Gasteiger partial charge in [-0.05, 0) is 62.4 Å². The largest absolute Gasteiger partial charge is 0.461 e. The third-order valence-corrected chi connectivity index (χ3v) is 8.54. The lowest BCUT2D eigenvalue weighted by Crippen LogP contribution is -2.44. The second-order valence-electron chi connectivity index (χ2n) is 11.6. The number of hydrogen-bond acceptors (Lipinski definition) is 8. The van der Waals surface area contributed by atoms with Crippen molar-refractivity contribution in [2.45, 2.75) is 24.9 Å². The molecule has 2 aliphatic carbocycles. The van der Waals surface area contributed by atoms with Crippen LogP contribution in [0.1, 0.15) is 24.8 Å². The molecule has 46 heavy (non-hydrogen) atoms. The number of ether oxygens (including phenoxy) is 1. The zero-order valence-corrected chi connectivity index (χ0v) is 24.8. The van der Waals surface area contributed by atoms with E-state index < -0.39 is 51.7 Å². The number of primary amides is 1. The fourth-order valence-corrected chi connectivity index (χ4v) is 5.48. The van der Waals surface area contributed by atoms with Gasteiger partial charge in [0.2, 0.25) is 23.6 Å². The van der Waals surface area contributed by atoms with Crippen molar-refractivity contribution in [3.8, 4) is 5.88 Å². The van der Waals surface area contributed by atoms with E-state index in [4.69, 9.17) is 10.5 Å². The van der Waals surface area contributed by atoms with Crippen LogP contribution in [-0.2, 0) is 15.2 Å². The molecule has 1 unspecified atom stereocenters. The molecule has 3 aromatic rings. The Kier molecular flexibility index (Phi) is 8.15. The Balaban J connectivity index is 1.24. The number of nitrogens with two attached hydrogens (primary N) is 1. The first-order valence-corrected chi connectivity index (χ1v) is 14.7. The molecule has 2 fully saturated rings. The van der Waals surface area contributed by atoms with Gasteiger partial charge in [-0.1, -0.05) is 6.08 Å². The van der Waals surface area contributed by atoms with E-state index in [0.717, 1.165) is 31.9 Å². The van der Waals surface area contributed by atoms with Crippen LogP contribution in [0.3, 0.4) is 0 Å². The van der Waals surface area contributed by atoms with Crippen LogP contribution in [0.2, 0.25) is 0 Å². The molecule has 3 aliphatic rings. The Morgan fingerprint density at radius 2 is 1.70 bits per heavy atom. The molecule has 14 heteroatoms. The number of halogens is 4. The van der Waals surface area contributed by atoms with E-state index in [2.05, 4.69) is 37.4 Å². The SMILES string of the molecule is CN1CCN(c2ccc(Nc3nccc(OC4(c5cc(F)c(F)c(F)c5F)C=CC(NC(=O)C5(C(N)=O)CC5)=CC4)n3)cc2)CC1. The van der Waals surface area contributed by atoms with Gasteiger partial charge in [-0.2, -0.15) is 4.98 Å². The number of nitrogens with zero attached hydrogens (tertiary/aromatic N) is 4. The summed E-state index contributed by atoms with van der Waals surface area (Å²) < 4.78 is 64.0. The number of allylic oxidation sites excluding steroid dienone is 1. The molecule has 6 rings (SSSR count). The van der Waals surface area contributed by atoms with Gasteiger partial charge in [-0.25, -0.2) is 22.5 Å².